The summed E-state index contributed by atoms with van der Waals surface area (Å²) in [5.41, 5.74) is 5.63. The van der Waals surface area contributed by atoms with E-state index in [9.17, 15) is 0 Å². The molecule has 0 fully saturated rings. The Balaban J connectivity index is 2.28. The molecule has 0 amide bonds. The molecule has 2 aromatic rings. The Morgan fingerprint density at radius 2 is 2.11 bits per heavy atom. The summed E-state index contributed by atoms with van der Waals surface area (Å²) in [7, 11) is 0. The number of allylic oxidation sites excluding steroid dienone is 3. The van der Waals surface area contributed by atoms with Gasteiger partial charge in [0.25, 0.3) is 0 Å². The summed E-state index contributed by atoms with van der Waals surface area (Å²) in [6, 6.07) is 9.93. The highest BCUT2D eigenvalue weighted by Gasteiger charge is 2.08. The summed E-state index contributed by atoms with van der Waals surface area (Å²) in [4.78, 5) is 4.53. The first-order valence-electron chi connectivity index (χ1n) is 8.95. The predicted molar refractivity (Wildman–Crippen MR) is 115 cm³/mol. The van der Waals surface area contributed by atoms with E-state index in [0.29, 0.717) is 6.61 Å². The summed E-state index contributed by atoms with van der Waals surface area (Å²) < 4.78 is 5.57. The molecule has 2 rings (SSSR count). The first-order valence-corrected chi connectivity index (χ1v) is 8.95. The van der Waals surface area contributed by atoms with Crippen LogP contribution >= 0.6 is 0 Å². The molecular formula is C23H27N3O. The van der Waals surface area contributed by atoms with Crippen LogP contribution in [0.5, 0.6) is 5.75 Å². The minimum Gasteiger partial charge on any atom is -0.494 e. The fourth-order valence-corrected chi connectivity index (χ4v) is 2.62. The molecule has 140 valence electrons. The van der Waals surface area contributed by atoms with Gasteiger partial charge in [-0.1, -0.05) is 37.4 Å². The van der Waals surface area contributed by atoms with E-state index in [-0.39, 0.29) is 0 Å². The largest absolute Gasteiger partial charge is 0.494 e. The Kier molecular flexibility index (Phi) is 7.44. The van der Waals surface area contributed by atoms with Crippen molar-refractivity contribution < 1.29 is 4.74 Å². The molecule has 4 nitrogen and oxygen atoms in total. The van der Waals surface area contributed by atoms with Crippen molar-refractivity contribution in [2.45, 2.75) is 20.8 Å². The molecule has 0 bridgehead atoms. The molecule has 0 aliphatic carbocycles. The van der Waals surface area contributed by atoms with Crippen molar-refractivity contribution >= 4 is 17.0 Å². The lowest BCUT2D eigenvalue weighted by molar-refractivity contribution is 0.340. The Bertz CT molecular complexity index is 866. The summed E-state index contributed by atoms with van der Waals surface area (Å²) in [6.07, 6.45) is 9.38. The Hall–Kier alpha value is -3.27. The number of nitrogens with zero attached hydrogens (tertiary/aromatic N) is 1. The van der Waals surface area contributed by atoms with Gasteiger partial charge in [0.15, 0.2) is 0 Å². The lowest BCUT2D eigenvalue weighted by Gasteiger charge is -2.14. The van der Waals surface area contributed by atoms with E-state index in [1.165, 1.54) is 0 Å². The van der Waals surface area contributed by atoms with Crippen LogP contribution in [0.15, 0.2) is 74.2 Å². The maximum absolute atomic E-state index is 5.57. The van der Waals surface area contributed by atoms with Crippen molar-refractivity contribution in [3.63, 3.8) is 0 Å². The highest BCUT2D eigenvalue weighted by Crippen LogP contribution is 2.25. The van der Waals surface area contributed by atoms with Gasteiger partial charge in [-0.15, -0.1) is 0 Å². The molecule has 4 heteroatoms. The molecule has 0 unspecified atom stereocenters. The number of aryl methyl sites for hydroxylation is 1. The van der Waals surface area contributed by atoms with E-state index in [1.54, 1.807) is 6.20 Å². The van der Waals surface area contributed by atoms with Crippen LogP contribution in [0.3, 0.4) is 0 Å². The number of anilines is 1. The second-order valence-corrected chi connectivity index (χ2v) is 5.89. The van der Waals surface area contributed by atoms with E-state index in [4.69, 9.17) is 4.74 Å². The van der Waals surface area contributed by atoms with Crippen molar-refractivity contribution in [1.82, 2.24) is 10.3 Å². The molecule has 1 aromatic heterocycles. The number of hydrogen-bond donors (Lipinski definition) is 2. The first kappa shape index (κ1) is 20.0. The minimum absolute atomic E-state index is 0.632. The van der Waals surface area contributed by atoms with Crippen molar-refractivity contribution in [2.24, 2.45) is 0 Å². The maximum Gasteiger partial charge on any atom is 0.119 e. The second kappa shape index (κ2) is 10.0. The van der Waals surface area contributed by atoms with Gasteiger partial charge in [-0.2, -0.15) is 0 Å². The zero-order valence-electron chi connectivity index (χ0n) is 16.3. The number of aromatic nitrogens is 1. The lowest BCUT2D eigenvalue weighted by Crippen LogP contribution is -2.02. The first-order chi connectivity index (χ1) is 13.1. The van der Waals surface area contributed by atoms with Gasteiger partial charge in [-0.3, -0.25) is 4.98 Å². The fourth-order valence-electron chi connectivity index (χ4n) is 2.62. The monoisotopic (exact) mass is 361 g/mol. The average Bonchev–Trinajstić information content (AvgIpc) is 2.67. The average molecular weight is 361 g/mol. The molecule has 0 radical (unpaired) electrons. The van der Waals surface area contributed by atoms with E-state index >= 15 is 0 Å². The summed E-state index contributed by atoms with van der Waals surface area (Å²) in [5.74, 6) is 0.828. The third kappa shape index (κ3) is 5.61. The predicted octanol–water partition coefficient (Wildman–Crippen LogP) is 5.52. The lowest BCUT2D eigenvalue weighted by atomic mass is 10.0. The van der Waals surface area contributed by atoms with Crippen molar-refractivity contribution in [1.29, 1.82) is 0 Å². The van der Waals surface area contributed by atoms with Gasteiger partial charge in [-0.25, -0.2) is 0 Å². The SMILES string of the molecule is C=CN/C=C(\C=C/C)c1cc(NC(=C)c2cccc(OCC)c2)cnc1C. The molecule has 2 N–H and O–H groups in total. The zero-order valence-corrected chi connectivity index (χ0v) is 16.3. The molecule has 0 saturated carbocycles. The number of pyridine rings is 1. The van der Waals surface area contributed by atoms with Crippen LogP contribution in [0.2, 0.25) is 0 Å². The van der Waals surface area contributed by atoms with Gasteiger partial charge in [0.2, 0.25) is 0 Å². The van der Waals surface area contributed by atoms with Gasteiger partial charge < -0.3 is 15.4 Å². The Morgan fingerprint density at radius 3 is 2.81 bits per heavy atom. The number of hydrogen-bond acceptors (Lipinski definition) is 4. The van der Waals surface area contributed by atoms with E-state index in [1.807, 2.05) is 69.6 Å². The van der Waals surface area contributed by atoms with Crippen molar-refractivity contribution in [3.05, 3.63) is 91.1 Å². The van der Waals surface area contributed by atoms with Gasteiger partial charge >= 0.3 is 0 Å². The van der Waals surface area contributed by atoms with Crippen molar-refractivity contribution in [2.75, 3.05) is 11.9 Å². The molecule has 0 aliphatic rings. The van der Waals surface area contributed by atoms with Crippen molar-refractivity contribution in [3.8, 4) is 5.75 Å². The number of benzene rings is 1. The smallest absolute Gasteiger partial charge is 0.119 e. The minimum atomic E-state index is 0.632. The zero-order chi connectivity index (χ0) is 19.6. The van der Waals surface area contributed by atoms with Gasteiger partial charge in [0, 0.05) is 28.7 Å². The molecule has 0 aliphatic heterocycles. The summed E-state index contributed by atoms with van der Waals surface area (Å²) in [5, 5.41) is 6.38. The van der Waals surface area contributed by atoms with Crippen LogP contribution < -0.4 is 15.4 Å². The maximum atomic E-state index is 5.57. The van der Waals surface area contributed by atoms with Gasteiger partial charge in [-0.05, 0) is 50.7 Å². The molecule has 1 heterocycles. The van der Waals surface area contributed by atoms with E-state index in [0.717, 1.165) is 39.5 Å². The van der Waals surface area contributed by atoms with Crippen LogP contribution in [0.1, 0.15) is 30.7 Å². The normalized spacial score (nSPS) is 11.3. The molecule has 0 atom stereocenters. The standard InChI is InChI=1S/C23H27N3O/c1-6-10-20(15-24-7-2)23-14-21(16-25-18(23)5)26-17(4)19-11-9-12-22(13-19)27-8-3/h6-7,9-16,24,26H,2,4,8H2,1,3,5H3/b10-6-,20-15+. The van der Waals surface area contributed by atoms with E-state index < -0.39 is 0 Å². The molecule has 0 saturated heterocycles. The van der Waals surface area contributed by atoms with Gasteiger partial charge in [0.1, 0.15) is 5.75 Å². The van der Waals surface area contributed by atoms with Crippen LogP contribution in [-0.2, 0) is 0 Å². The molecule has 0 spiro atoms. The van der Waals surface area contributed by atoms with Crippen LogP contribution in [0, 0.1) is 6.92 Å². The molecule has 27 heavy (non-hydrogen) atoms. The quantitative estimate of drug-likeness (QED) is 0.577. The third-order valence-corrected chi connectivity index (χ3v) is 3.89. The molecular weight excluding hydrogens is 334 g/mol. The number of ether oxygens (including phenoxy) is 1. The van der Waals surface area contributed by atoms with Crippen LogP contribution in [0.25, 0.3) is 11.3 Å². The fraction of sp³-hybridized carbons (Fsp3) is 0.174. The highest BCUT2D eigenvalue weighted by atomic mass is 16.5. The van der Waals surface area contributed by atoms with Gasteiger partial charge in [0.05, 0.1) is 18.5 Å². The number of nitrogens with one attached hydrogen (secondary N) is 2. The summed E-state index contributed by atoms with van der Waals surface area (Å²) >= 11 is 0. The number of rotatable bonds is 9. The summed E-state index contributed by atoms with van der Waals surface area (Å²) in [6.45, 7) is 14.4. The second-order valence-electron chi connectivity index (χ2n) is 5.89. The Morgan fingerprint density at radius 1 is 1.30 bits per heavy atom. The molecule has 1 aromatic carbocycles. The highest BCUT2D eigenvalue weighted by molar-refractivity contribution is 5.80. The van der Waals surface area contributed by atoms with E-state index in [2.05, 4.69) is 34.8 Å². The topological polar surface area (TPSA) is 46.2 Å². The van der Waals surface area contributed by atoms with Crippen LogP contribution in [0.4, 0.5) is 5.69 Å². The third-order valence-electron chi connectivity index (χ3n) is 3.89. The Labute approximate surface area is 162 Å². The van der Waals surface area contributed by atoms with Crippen LogP contribution in [-0.4, -0.2) is 11.6 Å².